The molecule has 0 atom stereocenters. The van der Waals surface area contributed by atoms with E-state index < -0.39 is 0 Å². The van der Waals surface area contributed by atoms with Gasteiger partial charge in [0.2, 0.25) is 5.91 Å². The summed E-state index contributed by atoms with van der Waals surface area (Å²) in [7, 11) is 1.65. The minimum atomic E-state index is 0.0417. The number of nitrogens with one attached hydrogen (secondary N) is 1. The Bertz CT molecular complexity index is 814. The fourth-order valence-electron chi connectivity index (χ4n) is 3.90. The molecule has 8 heteroatoms. The number of piperidine rings is 1. The van der Waals surface area contributed by atoms with E-state index in [-0.39, 0.29) is 11.8 Å². The van der Waals surface area contributed by atoms with Crippen molar-refractivity contribution in [1.29, 1.82) is 0 Å². The molecular weight excluding hydrogens is 382 g/mol. The first-order chi connectivity index (χ1) is 14.7. The van der Waals surface area contributed by atoms with Gasteiger partial charge in [-0.25, -0.2) is 0 Å². The maximum Gasteiger partial charge on any atom is 0.223 e. The van der Waals surface area contributed by atoms with Gasteiger partial charge in [0.15, 0.2) is 11.6 Å². The van der Waals surface area contributed by atoms with Crippen molar-refractivity contribution in [1.82, 2.24) is 15.5 Å². The van der Waals surface area contributed by atoms with Gasteiger partial charge in [-0.1, -0.05) is 12.1 Å². The van der Waals surface area contributed by atoms with Crippen LogP contribution in [-0.2, 0) is 16.1 Å². The fourth-order valence-corrected chi connectivity index (χ4v) is 3.90. The first-order valence-electron chi connectivity index (χ1n) is 10.5. The van der Waals surface area contributed by atoms with Crippen molar-refractivity contribution in [2.75, 3.05) is 56.3 Å². The van der Waals surface area contributed by atoms with Crippen LogP contribution in [0.15, 0.2) is 36.4 Å². The number of hydrogen-bond donors (Lipinski definition) is 1. The molecule has 2 saturated heterocycles. The van der Waals surface area contributed by atoms with E-state index in [0.29, 0.717) is 6.54 Å². The Morgan fingerprint density at radius 1 is 1.00 bits per heavy atom. The summed E-state index contributed by atoms with van der Waals surface area (Å²) in [6, 6.07) is 11.8. The minimum absolute atomic E-state index is 0.0417. The lowest BCUT2D eigenvalue weighted by atomic mass is 9.96. The number of carbonyl (C=O) groups excluding carboxylic acids is 1. The summed E-state index contributed by atoms with van der Waals surface area (Å²) in [6.07, 6.45) is 1.64. The molecule has 0 unspecified atom stereocenters. The van der Waals surface area contributed by atoms with Crippen molar-refractivity contribution in [2.24, 2.45) is 5.92 Å². The number of rotatable bonds is 6. The highest BCUT2D eigenvalue weighted by Crippen LogP contribution is 2.23. The number of aromatic nitrogens is 2. The van der Waals surface area contributed by atoms with Gasteiger partial charge < -0.3 is 24.6 Å². The summed E-state index contributed by atoms with van der Waals surface area (Å²) in [6.45, 7) is 5.33. The molecule has 0 aliphatic carbocycles. The number of methoxy groups -OCH3 is 1. The van der Waals surface area contributed by atoms with E-state index in [1.807, 2.05) is 36.4 Å². The molecule has 4 rings (SSSR count). The van der Waals surface area contributed by atoms with Crippen LogP contribution in [0.1, 0.15) is 18.4 Å². The quantitative estimate of drug-likeness (QED) is 0.777. The maximum absolute atomic E-state index is 12.6. The van der Waals surface area contributed by atoms with Gasteiger partial charge >= 0.3 is 0 Å². The van der Waals surface area contributed by atoms with Gasteiger partial charge in [0.05, 0.1) is 20.3 Å². The number of anilines is 2. The molecular formula is C22H29N5O3. The van der Waals surface area contributed by atoms with E-state index in [2.05, 4.69) is 25.3 Å². The van der Waals surface area contributed by atoms with E-state index in [1.165, 1.54) is 0 Å². The third kappa shape index (κ3) is 4.99. The number of amides is 1. The molecule has 2 fully saturated rings. The lowest BCUT2D eigenvalue weighted by molar-refractivity contribution is -0.125. The Hall–Kier alpha value is -2.87. The van der Waals surface area contributed by atoms with E-state index in [0.717, 1.165) is 75.2 Å². The first-order valence-corrected chi connectivity index (χ1v) is 10.5. The molecule has 0 bridgehead atoms. The van der Waals surface area contributed by atoms with Crippen LogP contribution < -0.4 is 19.9 Å². The molecule has 0 saturated carbocycles. The Labute approximate surface area is 177 Å². The second-order valence-electron chi connectivity index (χ2n) is 7.68. The van der Waals surface area contributed by atoms with Crippen LogP contribution in [0, 0.1) is 5.92 Å². The summed E-state index contributed by atoms with van der Waals surface area (Å²) in [5, 5.41) is 11.9. The van der Waals surface area contributed by atoms with Gasteiger partial charge in [0, 0.05) is 38.6 Å². The summed E-state index contributed by atoms with van der Waals surface area (Å²) in [5.74, 6) is 2.76. The lowest BCUT2D eigenvalue weighted by Crippen LogP contribution is -2.41. The average molecular weight is 412 g/mol. The molecule has 0 spiro atoms. The van der Waals surface area contributed by atoms with Crippen LogP contribution in [0.4, 0.5) is 11.6 Å². The monoisotopic (exact) mass is 411 g/mol. The number of hydrogen-bond acceptors (Lipinski definition) is 7. The fraction of sp³-hybridized carbons (Fsp3) is 0.500. The topological polar surface area (TPSA) is 79.8 Å². The first kappa shape index (κ1) is 20.4. The highest BCUT2D eigenvalue weighted by atomic mass is 16.5. The summed E-state index contributed by atoms with van der Waals surface area (Å²) < 4.78 is 10.6. The normalized spacial score (nSPS) is 17.6. The number of nitrogens with zero attached hydrogens (tertiary/aromatic N) is 4. The van der Waals surface area contributed by atoms with Crippen molar-refractivity contribution >= 4 is 17.5 Å². The van der Waals surface area contributed by atoms with Crippen molar-refractivity contribution in [3.05, 3.63) is 42.0 Å². The molecule has 30 heavy (non-hydrogen) atoms. The Morgan fingerprint density at radius 2 is 1.60 bits per heavy atom. The molecule has 2 aromatic rings. The van der Waals surface area contributed by atoms with E-state index in [9.17, 15) is 4.79 Å². The average Bonchev–Trinajstić information content (AvgIpc) is 2.83. The largest absolute Gasteiger partial charge is 0.497 e. The Morgan fingerprint density at radius 3 is 2.17 bits per heavy atom. The maximum atomic E-state index is 12.6. The summed E-state index contributed by atoms with van der Waals surface area (Å²) in [4.78, 5) is 17.0. The Balaban J connectivity index is 1.24. The van der Waals surface area contributed by atoms with Gasteiger partial charge in [-0.2, -0.15) is 0 Å². The van der Waals surface area contributed by atoms with Crippen molar-refractivity contribution in [2.45, 2.75) is 19.4 Å². The van der Waals surface area contributed by atoms with E-state index >= 15 is 0 Å². The van der Waals surface area contributed by atoms with Gasteiger partial charge in [-0.15, -0.1) is 10.2 Å². The number of benzene rings is 1. The van der Waals surface area contributed by atoms with Crippen LogP contribution in [0.25, 0.3) is 0 Å². The third-order valence-electron chi connectivity index (χ3n) is 5.79. The van der Waals surface area contributed by atoms with Crippen molar-refractivity contribution < 1.29 is 14.3 Å². The summed E-state index contributed by atoms with van der Waals surface area (Å²) >= 11 is 0. The highest BCUT2D eigenvalue weighted by Gasteiger charge is 2.26. The lowest BCUT2D eigenvalue weighted by Gasteiger charge is -2.32. The number of morpholine rings is 1. The van der Waals surface area contributed by atoms with Crippen LogP contribution in [0.2, 0.25) is 0 Å². The molecule has 0 radical (unpaired) electrons. The molecule has 1 N–H and O–H groups in total. The van der Waals surface area contributed by atoms with Gasteiger partial charge in [-0.05, 0) is 42.7 Å². The predicted molar refractivity (Wildman–Crippen MR) is 115 cm³/mol. The molecule has 8 nitrogen and oxygen atoms in total. The standard InChI is InChI=1S/C22H29N5O3/c1-29-19-4-2-17(3-5-19)16-23-22(28)18-8-10-26(11-9-18)20-6-7-21(25-24-20)27-12-14-30-15-13-27/h2-7,18H,8-16H2,1H3,(H,23,28). The van der Waals surface area contributed by atoms with E-state index in [4.69, 9.17) is 9.47 Å². The van der Waals surface area contributed by atoms with Crippen LogP contribution in [0.5, 0.6) is 5.75 Å². The SMILES string of the molecule is COc1ccc(CNC(=O)C2CCN(c3ccc(N4CCOCC4)nn3)CC2)cc1. The zero-order valence-electron chi connectivity index (χ0n) is 17.4. The second kappa shape index (κ2) is 9.75. The minimum Gasteiger partial charge on any atom is -0.497 e. The molecule has 160 valence electrons. The zero-order valence-corrected chi connectivity index (χ0v) is 17.4. The third-order valence-corrected chi connectivity index (χ3v) is 5.79. The highest BCUT2D eigenvalue weighted by molar-refractivity contribution is 5.79. The summed E-state index contributed by atoms with van der Waals surface area (Å²) in [5.41, 5.74) is 1.07. The zero-order chi connectivity index (χ0) is 20.8. The van der Waals surface area contributed by atoms with Crippen LogP contribution >= 0.6 is 0 Å². The number of ether oxygens (including phenoxy) is 2. The van der Waals surface area contributed by atoms with Gasteiger partial charge in [-0.3, -0.25) is 4.79 Å². The predicted octanol–water partition coefficient (Wildman–Crippen LogP) is 1.85. The van der Waals surface area contributed by atoms with Crippen molar-refractivity contribution in [3.8, 4) is 5.75 Å². The van der Waals surface area contributed by atoms with Gasteiger partial charge in [0.25, 0.3) is 0 Å². The number of carbonyl (C=O) groups is 1. The van der Waals surface area contributed by atoms with Gasteiger partial charge in [0.1, 0.15) is 5.75 Å². The molecule has 1 amide bonds. The van der Waals surface area contributed by atoms with Crippen molar-refractivity contribution in [3.63, 3.8) is 0 Å². The molecule has 3 heterocycles. The molecule has 1 aromatic carbocycles. The smallest absolute Gasteiger partial charge is 0.223 e. The molecule has 1 aromatic heterocycles. The Kier molecular flexibility index (Phi) is 6.63. The van der Waals surface area contributed by atoms with Crippen LogP contribution in [0.3, 0.4) is 0 Å². The molecule has 2 aliphatic heterocycles. The second-order valence-corrected chi connectivity index (χ2v) is 7.68. The van der Waals surface area contributed by atoms with E-state index in [1.54, 1.807) is 7.11 Å². The molecule has 2 aliphatic rings. The van der Waals surface area contributed by atoms with Crippen LogP contribution in [-0.4, -0.2) is 62.6 Å².